The maximum Gasteiger partial charge on any atom is 0.137 e. The third-order valence-electron chi connectivity index (χ3n) is 7.06. The summed E-state index contributed by atoms with van der Waals surface area (Å²) in [7, 11) is 0. The standard InChI is InChI=1S/C31H20N2OS/c1-4-10-24-21(7-1)22-8-2-5-11-25(22)33(24)20-15-13-19(14-16-20)31-32-30-28(35-31)18-17-27-29(30)23-9-3-6-12-26(23)34-27/h1-18,31-32H. The summed E-state index contributed by atoms with van der Waals surface area (Å²) in [5.41, 5.74) is 7.94. The molecule has 0 amide bonds. The molecule has 8 rings (SSSR count). The summed E-state index contributed by atoms with van der Waals surface area (Å²) >= 11 is 1.86. The van der Waals surface area contributed by atoms with Crippen LogP contribution in [0.25, 0.3) is 49.4 Å². The lowest BCUT2D eigenvalue weighted by Crippen LogP contribution is -2.02. The summed E-state index contributed by atoms with van der Waals surface area (Å²) in [6.07, 6.45) is 0. The molecule has 0 aliphatic carbocycles. The molecule has 1 atom stereocenters. The smallest absolute Gasteiger partial charge is 0.137 e. The van der Waals surface area contributed by atoms with Crippen molar-refractivity contribution in [3.05, 3.63) is 115 Å². The van der Waals surface area contributed by atoms with E-state index in [-0.39, 0.29) is 5.37 Å². The second-order valence-electron chi connectivity index (χ2n) is 9.01. The molecular weight excluding hydrogens is 448 g/mol. The Morgan fingerprint density at radius 2 is 1.29 bits per heavy atom. The number of aromatic nitrogens is 1. The van der Waals surface area contributed by atoms with Crippen LogP contribution in [0.2, 0.25) is 0 Å². The van der Waals surface area contributed by atoms with Crippen molar-refractivity contribution < 1.29 is 4.42 Å². The van der Waals surface area contributed by atoms with Crippen molar-refractivity contribution in [3.8, 4) is 5.69 Å². The van der Waals surface area contributed by atoms with E-state index in [1.165, 1.54) is 49.0 Å². The Kier molecular flexibility index (Phi) is 3.93. The Morgan fingerprint density at radius 1 is 0.629 bits per heavy atom. The van der Waals surface area contributed by atoms with Gasteiger partial charge in [-0.25, -0.2) is 0 Å². The third kappa shape index (κ3) is 2.74. The predicted molar refractivity (Wildman–Crippen MR) is 147 cm³/mol. The van der Waals surface area contributed by atoms with Crippen LogP contribution >= 0.6 is 11.8 Å². The molecule has 4 heteroatoms. The van der Waals surface area contributed by atoms with E-state index < -0.39 is 0 Å². The van der Waals surface area contributed by atoms with Crippen molar-refractivity contribution in [3.63, 3.8) is 0 Å². The van der Waals surface area contributed by atoms with Crippen LogP contribution in [0.4, 0.5) is 5.69 Å². The Bertz CT molecular complexity index is 1860. The zero-order valence-electron chi connectivity index (χ0n) is 18.7. The first-order chi connectivity index (χ1) is 17.3. The first kappa shape index (κ1) is 19.2. The van der Waals surface area contributed by atoms with Gasteiger partial charge in [-0.05, 0) is 48.0 Å². The highest BCUT2D eigenvalue weighted by atomic mass is 32.2. The van der Waals surface area contributed by atoms with Crippen molar-refractivity contribution in [2.24, 2.45) is 0 Å². The third-order valence-corrected chi connectivity index (χ3v) is 8.28. The maximum absolute atomic E-state index is 6.09. The molecule has 0 saturated heterocycles. The molecule has 35 heavy (non-hydrogen) atoms. The zero-order chi connectivity index (χ0) is 22.9. The molecule has 0 saturated carbocycles. The fraction of sp³-hybridized carbons (Fsp3) is 0.0323. The SMILES string of the molecule is c1ccc2c(c1)oc1ccc3c(c12)NC(c1ccc(-n2c4ccccc4c4ccccc42)cc1)S3. The molecule has 3 heterocycles. The highest BCUT2D eigenvalue weighted by Gasteiger charge is 2.27. The van der Waals surface area contributed by atoms with Crippen LogP contribution in [0.3, 0.4) is 0 Å². The number of nitrogens with zero attached hydrogens (tertiary/aromatic N) is 1. The lowest BCUT2D eigenvalue weighted by Gasteiger charge is -2.13. The average molecular weight is 469 g/mol. The molecule has 1 aliphatic rings. The predicted octanol–water partition coefficient (Wildman–Crippen LogP) is 8.90. The van der Waals surface area contributed by atoms with Crippen LogP contribution < -0.4 is 5.32 Å². The highest BCUT2D eigenvalue weighted by Crippen LogP contribution is 2.51. The Hall–Kier alpha value is -4.15. The minimum absolute atomic E-state index is 0.163. The highest BCUT2D eigenvalue weighted by molar-refractivity contribution is 8.00. The molecule has 166 valence electrons. The van der Waals surface area contributed by atoms with Gasteiger partial charge >= 0.3 is 0 Å². The summed E-state index contributed by atoms with van der Waals surface area (Å²) in [4.78, 5) is 1.26. The number of nitrogens with one attached hydrogen (secondary N) is 1. The zero-order valence-corrected chi connectivity index (χ0v) is 19.5. The van der Waals surface area contributed by atoms with E-state index in [1.54, 1.807) is 0 Å². The molecule has 1 unspecified atom stereocenters. The molecule has 1 N–H and O–H groups in total. The molecule has 0 radical (unpaired) electrons. The van der Waals surface area contributed by atoms with Crippen LogP contribution in [0.5, 0.6) is 0 Å². The van der Waals surface area contributed by atoms with Crippen LogP contribution in [-0.4, -0.2) is 4.57 Å². The summed E-state index contributed by atoms with van der Waals surface area (Å²) < 4.78 is 8.45. The number of rotatable bonds is 2. The van der Waals surface area contributed by atoms with Gasteiger partial charge in [0.05, 0.1) is 22.1 Å². The van der Waals surface area contributed by atoms with Gasteiger partial charge in [0.1, 0.15) is 16.5 Å². The van der Waals surface area contributed by atoms with Gasteiger partial charge in [0, 0.05) is 26.7 Å². The quantitative estimate of drug-likeness (QED) is 0.275. The van der Waals surface area contributed by atoms with Crippen molar-refractivity contribution >= 4 is 61.2 Å². The van der Waals surface area contributed by atoms with E-state index in [1.807, 2.05) is 23.9 Å². The minimum atomic E-state index is 0.163. The topological polar surface area (TPSA) is 30.1 Å². The molecular formula is C31H20N2OS. The number of hydrogen-bond acceptors (Lipinski definition) is 3. The second-order valence-corrected chi connectivity index (χ2v) is 10.2. The summed E-state index contributed by atoms with van der Waals surface area (Å²) in [5.74, 6) is 0. The summed E-state index contributed by atoms with van der Waals surface area (Å²) in [5, 5.41) is 8.85. The molecule has 3 nitrogen and oxygen atoms in total. The number of benzene rings is 5. The monoisotopic (exact) mass is 468 g/mol. The molecule has 0 bridgehead atoms. The van der Waals surface area contributed by atoms with E-state index >= 15 is 0 Å². The van der Waals surface area contributed by atoms with Gasteiger partial charge in [0.2, 0.25) is 0 Å². The summed E-state index contributed by atoms with van der Waals surface area (Å²) in [6.45, 7) is 0. The van der Waals surface area contributed by atoms with E-state index in [0.29, 0.717) is 0 Å². The second kappa shape index (κ2) is 7.17. The van der Waals surface area contributed by atoms with Gasteiger partial charge < -0.3 is 14.3 Å². The number of fused-ring (bicyclic) bond motifs is 8. The fourth-order valence-electron chi connectivity index (χ4n) is 5.48. The number of hydrogen-bond donors (Lipinski definition) is 1. The molecule has 5 aromatic carbocycles. The molecule has 7 aromatic rings. The van der Waals surface area contributed by atoms with E-state index in [2.05, 4.69) is 107 Å². The lowest BCUT2D eigenvalue weighted by atomic mass is 10.1. The maximum atomic E-state index is 6.09. The Balaban J connectivity index is 1.20. The Labute approximate surface area is 206 Å². The van der Waals surface area contributed by atoms with Crippen molar-refractivity contribution in [1.82, 2.24) is 4.57 Å². The van der Waals surface area contributed by atoms with Crippen LogP contribution in [0.15, 0.2) is 119 Å². The van der Waals surface area contributed by atoms with Gasteiger partial charge in [0.15, 0.2) is 0 Å². The largest absolute Gasteiger partial charge is 0.456 e. The number of para-hydroxylation sites is 3. The van der Waals surface area contributed by atoms with Crippen LogP contribution in [0.1, 0.15) is 10.9 Å². The number of thioether (sulfide) groups is 1. The van der Waals surface area contributed by atoms with E-state index in [9.17, 15) is 0 Å². The molecule has 0 spiro atoms. The average Bonchev–Trinajstić information content (AvgIpc) is 3.60. The summed E-state index contributed by atoms with van der Waals surface area (Å²) in [6, 6.07) is 38.8. The fourth-order valence-corrected chi connectivity index (χ4v) is 6.63. The van der Waals surface area contributed by atoms with Gasteiger partial charge in [-0.15, -0.1) is 0 Å². The van der Waals surface area contributed by atoms with Crippen LogP contribution in [-0.2, 0) is 0 Å². The minimum Gasteiger partial charge on any atom is -0.456 e. The van der Waals surface area contributed by atoms with E-state index in [0.717, 1.165) is 16.6 Å². The number of furan rings is 1. The van der Waals surface area contributed by atoms with Crippen LogP contribution in [0, 0.1) is 0 Å². The van der Waals surface area contributed by atoms with Gasteiger partial charge in [-0.1, -0.05) is 78.5 Å². The molecule has 0 fully saturated rings. The van der Waals surface area contributed by atoms with E-state index in [4.69, 9.17) is 4.42 Å². The van der Waals surface area contributed by atoms with Gasteiger partial charge in [-0.3, -0.25) is 0 Å². The number of anilines is 1. The van der Waals surface area contributed by atoms with Crippen molar-refractivity contribution in [2.75, 3.05) is 5.32 Å². The Morgan fingerprint density at radius 3 is 2.03 bits per heavy atom. The normalized spacial score (nSPS) is 15.3. The van der Waals surface area contributed by atoms with Crippen molar-refractivity contribution in [2.45, 2.75) is 10.3 Å². The van der Waals surface area contributed by atoms with Gasteiger partial charge in [0.25, 0.3) is 0 Å². The first-order valence-corrected chi connectivity index (χ1v) is 12.7. The van der Waals surface area contributed by atoms with Crippen molar-refractivity contribution in [1.29, 1.82) is 0 Å². The molecule has 1 aliphatic heterocycles. The lowest BCUT2D eigenvalue weighted by molar-refractivity contribution is 0.669. The van der Waals surface area contributed by atoms with Gasteiger partial charge in [-0.2, -0.15) is 0 Å². The molecule has 2 aromatic heterocycles. The first-order valence-electron chi connectivity index (χ1n) is 11.8.